The summed E-state index contributed by atoms with van der Waals surface area (Å²) in [5.74, 6) is 4.78. The van der Waals surface area contributed by atoms with Crippen LogP contribution in [0.4, 0.5) is 0 Å². The number of esters is 1. The van der Waals surface area contributed by atoms with E-state index in [1.807, 2.05) is 0 Å². The van der Waals surface area contributed by atoms with Crippen LogP contribution in [0.5, 0.6) is 0 Å². The van der Waals surface area contributed by atoms with Crippen molar-refractivity contribution in [3.63, 3.8) is 0 Å². The van der Waals surface area contributed by atoms with Crippen LogP contribution in [-0.4, -0.2) is 12.6 Å². The molecule has 0 aliphatic heterocycles. The molecule has 0 amide bonds. The number of ether oxygens (including phenoxy) is 1. The molecule has 0 aromatic heterocycles. The molecule has 0 saturated carbocycles. The first-order valence-corrected chi connectivity index (χ1v) is 4.92. The average molecular weight is 243 g/mol. The van der Waals surface area contributed by atoms with Crippen molar-refractivity contribution in [1.82, 2.24) is 0 Å². The van der Waals surface area contributed by atoms with E-state index in [2.05, 4.69) is 11.8 Å². The van der Waals surface area contributed by atoms with E-state index < -0.39 is 5.97 Å². The number of rotatable bonds is 2. The first-order chi connectivity index (χ1) is 7.15. The molecule has 0 fully saturated rings. The average Bonchev–Trinajstić information content (AvgIpc) is 2.22. The molecule has 0 saturated heterocycles. The van der Waals surface area contributed by atoms with Crippen LogP contribution in [0.2, 0.25) is 10.0 Å². The number of hydrogen-bond acceptors (Lipinski definition) is 2. The summed E-state index contributed by atoms with van der Waals surface area (Å²) < 4.78 is 4.85. The summed E-state index contributed by atoms with van der Waals surface area (Å²) in [6.07, 6.45) is 0. The molecule has 4 heteroatoms. The third-order valence-electron chi connectivity index (χ3n) is 1.61. The Balaban J connectivity index is 2.72. The van der Waals surface area contributed by atoms with E-state index in [1.165, 1.54) is 6.07 Å². The van der Waals surface area contributed by atoms with Crippen LogP contribution in [0.1, 0.15) is 17.3 Å². The second-order valence-corrected chi connectivity index (χ2v) is 3.45. The molecule has 78 valence electrons. The highest BCUT2D eigenvalue weighted by Crippen LogP contribution is 2.22. The standard InChI is InChI=1S/C11H8Cl2O2/c1-2-3-6-15-11(14)8-4-5-9(12)10(13)7-8/h4-5,7H,6H2,1H3. The molecule has 15 heavy (non-hydrogen) atoms. The van der Waals surface area contributed by atoms with Crippen molar-refractivity contribution in [3.05, 3.63) is 33.8 Å². The Morgan fingerprint density at radius 1 is 1.40 bits per heavy atom. The van der Waals surface area contributed by atoms with E-state index in [-0.39, 0.29) is 6.61 Å². The molecule has 0 aliphatic carbocycles. The fourth-order valence-corrected chi connectivity index (χ4v) is 1.18. The zero-order chi connectivity index (χ0) is 11.3. The van der Waals surface area contributed by atoms with Gasteiger partial charge in [-0.1, -0.05) is 29.1 Å². The first-order valence-electron chi connectivity index (χ1n) is 4.17. The molecular formula is C11H8Cl2O2. The summed E-state index contributed by atoms with van der Waals surface area (Å²) in [5, 5.41) is 0.731. The number of carbonyl (C=O) groups excluding carboxylic acids is 1. The summed E-state index contributed by atoms with van der Waals surface area (Å²) in [6, 6.07) is 4.56. The fourth-order valence-electron chi connectivity index (χ4n) is 0.880. The summed E-state index contributed by atoms with van der Waals surface area (Å²) in [5.41, 5.74) is 0.363. The van der Waals surface area contributed by atoms with E-state index in [9.17, 15) is 4.79 Å². The third-order valence-corrected chi connectivity index (χ3v) is 2.35. The maximum atomic E-state index is 11.4. The van der Waals surface area contributed by atoms with Gasteiger partial charge in [0.15, 0.2) is 6.61 Å². The van der Waals surface area contributed by atoms with E-state index in [4.69, 9.17) is 27.9 Å². The number of halogens is 2. The van der Waals surface area contributed by atoms with E-state index in [0.717, 1.165) is 0 Å². The van der Waals surface area contributed by atoms with Gasteiger partial charge >= 0.3 is 5.97 Å². The first kappa shape index (κ1) is 11.9. The lowest BCUT2D eigenvalue weighted by molar-refractivity contribution is 0.0556. The molecular weight excluding hydrogens is 235 g/mol. The van der Waals surface area contributed by atoms with E-state index in [0.29, 0.717) is 15.6 Å². The van der Waals surface area contributed by atoms with Crippen molar-refractivity contribution in [1.29, 1.82) is 0 Å². The summed E-state index contributed by atoms with van der Waals surface area (Å²) >= 11 is 11.5. The van der Waals surface area contributed by atoms with Crippen LogP contribution in [0, 0.1) is 11.8 Å². The summed E-state index contributed by atoms with van der Waals surface area (Å²) in [6.45, 7) is 1.75. The smallest absolute Gasteiger partial charge is 0.339 e. The lowest BCUT2D eigenvalue weighted by Gasteiger charge is -2.02. The highest BCUT2D eigenvalue weighted by Gasteiger charge is 2.08. The second-order valence-electron chi connectivity index (χ2n) is 2.63. The zero-order valence-corrected chi connectivity index (χ0v) is 9.52. The topological polar surface area (TPSA) is 26.3 Å². The molecule has 1 rings (SSSR count). The van der Waals surface area contributed by atoms with Gasteiger partial charge in [-0.05, 0) is 25.1 Å². The highest BCUT2D eigenvalue weighted by molar-refractivity contribution is 6.42. The number of carbonyl (C=O) groups is 1. The van der Waals surface area contributed by atoms with Gasteiger partial charge in [0, 0.05) is 0 Å². The van der Waals surface area contributed by atoms with Crippen LogP contribution < -0.4 is 0 Å². The van der Waals surface area contributed by atoms with Crippen LogP contribution in [0.15, 0.2) is 18.2 Å². The van der Waals surface area contributed by atoms with Crippen LogP contribution in [-0.2, 0) is 4.74 Å². The maximum Gasteiger partial charge on any atom is 0.339 e. The molecule has 0 radical (unpaired) electrons. The van der Waals surface area contributed by atoms with Crippen molar-refractivity contribution in [2.45, 2.75) is 6.92 Å². The van der Waals surface area contributed by atoms with Gasteiger partial charge in [0.05, 0.1) is 15.6 Å². The Hall–Kier alpha value is -1.17. The minimum Gasteiger partial charge on any atom is -0.449 e. The van der Waals surface area contributed by atoms with E-state index in [1.54, 1.807) is 19.1 Å². The van der Waals surface area contributed by atoms with Gasteiger partial charge in [0.2, 0.25) is 0 Å². The number of benzene rings is 1. The Kier molecular flexibility index (Phi) is 4.48. The highest BCUT2D eigenvalue weighted by atomic mass is 35.5. The van der Waals surface area contributed by atoms with Gasteiger partial charge in [-0.2, -0.15) is 0 Å². The lowest BCUT2D eigenvalue weighted by Crippen LogP contribution is -2.05. The molecule has 0 aliphatic rings. The van der Waals surface area contributed by atoms with Gasteiger partial charge in [-0.3, -0.25) is 0 Å². The van der Waals surface area contributed by atoms with Crippen molar-refractivity contribution >= 4 is 29.2 Å². The predicted octanol–water partition coefficient (Wildman–Crippen LogP) is 3.17. The third kappa shape index (κ3) is 3.47. The molecule has 0 spiro atoms. The van der Waals surface area contributed by atoms with Gasteiger partial charge in [0.25, 0.3) is 0 Å². The zero-order valence-electron chi connectivity index (χ0n) is 8.01. The molecule has 0 atom stereocenters. The lowest BCUT2D eigenvalue weighted by atomic mass is 10.2. The minimum atomic E-state index is -0.462. The maximum absolute atomic E-state index is 11.4. The summed E-state index contributed by atoms with van der Waals surface area (Å²) in [7, 11) is 0. The van der Waals surface area contributed by atoms with Gasteiger partial charge in [-0.25, -0.2) is 4.79 Å². The van der Waals surface area contributed by atoms with Crippen LogP contribution in [0.3, 0.4) is 0 Å². The molecule has 0 heterocycles. The monoisotopic (exact) mass is 242 g/mol. The SMILES string of the molecule is CC#CCOC(=O)c1ccc(Cl)c(Cl)c1. The minimum absolute atomic E-state index is 0.0789. The van der Waals surface area contributed by atoms with Gasteiger partial charge in [-0.15, -0.1) is 5.92 Å². The van der Waals surface area contributed by atoms with Gasteiger partial charge in [0.1, 0.15) is 0 Å². The fraction of sp³-hybridized carbons (Fsp3) is 0.182. The number of hydrogen-bond donors (Lipinski definition) is 0. The predicted molar refractivity (Wildman–Crippen MR) is 60.2 cm³/mol. The largest absolute Gasteiger partial charge is 0.449 e. The molecule has 1 aromatic carbocycles. The Morgan fingerprint density at radius 3 is 2.73 bits per heavy atom. The second kappa shape index (κ2) is 5.65. The quantitative estimate of drug-likeness (QED) is 0.589. The Bertz CT molecular complexity index is 430. The molecule has 2 nitrogen and oxygen atoms in total. The molecule has 0 N–H and O–H groups in total. The Morgan fingerprint density at radius 2 is 2.13 bits per heavy atom. The Labute approximate surface area is 98.1 Å². The van der Waals surface area contributed by atoms with Crippen molar-refractivity contribution in [2.24, 2.45) is 0 Å². The summed E-state index contributed by atoms with van der Waals surface area (Å²) in [4.78, 5) is 11.4. The van der Waals surface area contributed by atoms with Crippen LogP contribution >= 0.6 is 23.2 Å². The van der Waals surface area contributed by atoms with Gasteiger partial charge < -0.3 is 4.74 Å². The molecule has 0 bridgehead atoms. The van der Waals surface area contributed by atoms with Crippen molar-refractivity contribution in [2.75, 3.05) is 6.61 Å². The molecule has 0 unspecified atom stereocenters. The van der Waals surface area contributed by atoms with E-state index >= 15 is 0 Å². The molecule has 1 aromatic rings. The van der Waals surface area contributed by atoms with Crippen LogP contribution in [0.25, 0.3) is 0 Å². The van der Waals surface area contributed by atoms with Crippen molar-refractivity contribution in [3.8, 4) is 11.8 Å². The normalized spacial score (nSPS) is 9.00. The van der Waals surface area contributed by atoms with Crippen molar-refractivity contribution < 1.29 is 9.53 Å².